The van der Waals surface area contributed by atoms with Crippen molar-refractivity contribution in [2.75, 3.05) is 25.2 Å². The third kappa shape index (κ3) is 3.38. The molecule has 5 heterocycles. The molecule has 1 atom stereocenters. The number of nitrogen functional groups attached to an aromatic ring is 1. The number of pyridine rings is 2. The molecule has 5 aromatic rings. The molecule has 2 N–H and O–H groups in total. The second kappa shape index (κ2) is 8.08. The first kappa shape index (κ1) is 20.7. The van der Waals surface area contributed by atoms with Crippen molar-refractivity contribution in [3.63, 3.8) is 0 Å². The number of nitrogens with two attached hydrogens (primary N) is 1. The maximum absolute atomic E-state index is 12.9. The van der Waals surface area contributed by atoms with Crippen LogP contribution in [0.2, 0.25) is 0 Å². The number of thiophene rings is 1. The van der Waals surface area contributed by atoms with Crippen LogP contribution in [-0.4, -0.2) is 53.0 Å². The summed E-state index contributed by atoms with van der Waals surface area (Å²) in [5, 5.41) is 5.10. The van der Waals surface area contributed by atoms with Crippen LogP contribution in [0, 0.1) is 0 Å². The Kier molecular flexibility index (Phi) is 5.24. The van der Waals surface area contributed by atoms with Crippen molar-refractivity contribution < 1.29 is 8.95 Å². The van der Waals surface area contributed by atoms with Crippen LogP contribution in [0.5, 0.6) is 0 Å². The van der Waals surface area contributed by atoms with Crippen molar-refractivity contribution in [2.45, 2.75) is 4.21 Å². The molecule has 0 aliphatic carbocycles. The molecule has 0 amide bonds. The predicted molar refractivity (Wildman–Crippen MR) is 127 cm³/mol. The van der Waals surface area contributed by atoms with Gasteiger partial charge in [0.25, 0.3) is 0 Å². The van der Waals surface area contributed by atoms with E-state index in [0.29, 0.717) is 22.3 Å². The molecule has 1 unspecified atom stereocenters. The molecule has 0 bridgehead atoms. The Balaban J connectivity index is 1.74. The number of imidazole rings is 1. The highest BCUT2D eigenvalue weighted by atomic mass is 32.2. The van der Waals surface area contributed by atoms with Gasteiger partial charge in [0.15, 0.2) is 5.65 Å². The van der Waals surface area contributed by atoms with Crippen LogP contribution >= 0.6 is 11.3 Å². The molecular weight excluding hydrogens is 446 g/mol. The number of anilines is 1. The van der Waals surface area contributed by atoms with Gasteiger partial charge in [-0.2, -0.15) is 5.10 Å². The van der Waals surface area contributed by atoms with Crippen molar-refractivity contribution in [3.8, 4) is 22.5 Å². The normalized spacial score (nSPS) is 12.7. The average molecular weight is 468 g/mol. The third-order valence-corrected chi connectivity index (χ3v) is 8.16. The van der Waals surface area contributed by atoms with Crippen molar-refractivity contribution >= 4 is 49.2 Å². The third-order valence-electron chi connectivity index (χ3n) is 5.29. The average Bonchev–Trinajstić information content (AvgIpc) is 3.48. The quantitative estimate of drug-likeness (QED) is 0.408. The van der Waals surface area contributed by atoms with E-state index in [1.54, 1.807) is 30.5 Å². The standard InChI is InChI=1S/C21H21N7O2S2/c1-27-11-24-15-8-12(10-23-19(15)27)14-9-13(16-4-5-25-28(16)2)17-18(22)21(31-20(17)26-14)32(29)7-6-30-3/h4-5,8-11H,6-7,22H2,1-3H3. The van der Waals surface area contributed by atoms with Crippen molar-refractivity contribution in [1.29, 1.82) is 0 Å². The second-order valence-electron chi connectivity index (χ2n) is 7.34. The van der Waals surface area contributed by atoms with E-state index in [2.05, 4.69) is 15.1 Å². The fourth-order valence-corrected chi connectivity index (χ4v) is 6.23. The molecule has 5 rings (SSSR count). The number of rotatable bonds is 6. The minimum Gasteiger partial charge on any atom is -0.396 e. The fourth-order valence-electron chi connectivity index (χ4n) is 3.67. The van der Waals surface area contributed by atoms with E-state index in [1.807, 2.05) is 36.9 Å². The monoisotopic (exact) mass is 467 g/mol. The van der Waals surface area contributed by atoms with Crippen molar-refractivity contribution in [3.05, 3.63) is 36.9 Å². The van der Waals surface area contributed by atoms with E-state index in [0.717, 1.165) is 43.9 Å². The van der Waals surface area contributed by atoms with Crippen LogP contribution in [0.4, 0.5) is 5.69 Å². The molecule has 0 radical (unpaired) electrons. The number of hydrogen-bond acceptors (Lipinski definition) is 8. The molecule has 11 heteroatoms. The first-order chi connectivity index (χ1) is 15.5. The summed E-state index contributed by atoms with van der Waals surface area (Å²) in [6.45, 7) is 0.392. The minimum absolute atomic E-state index is 0.377. The minimum atomic E-state index is -1.27. The van der Waals surface area contributed by atoms with Crippen molar-refractivity contribution in [1.82, 2.24) is 29.3 Å². The van der Waals surface area contributed by atoms with Gasteiger partial charge in [0.05, 0.1) is 46.6 Å². The summed E-state index contributed by atoms with van der Waals surface area (Å²) in [7, 11) is 4.10. The van der Waals surface area contributed by atoms with Crippen LogP contribution in [0.25, 0.3) is 43.9 Å². The Labute approximate surface area is 190 Å². The van der Waals surface area contributed by atoms with Crippen LogP contribution in [0.3, 0.4) is 0 Å². The summed E-state index contributed by atoms with van der Waals surface area (Å²) in [6.07, 6.45) is 5.27. The SMILES string of the molecule is COCCS(=O)c1sc2nc(-c3cnc4c(c3)ncn4C)cc(-c3ccnn3C)c2c1N. The van der Waals surface area contributed by atoms with Gasteiger partial charge < -0.3 is 15.0 Å². The van der Waals surface area contributed by atoms with Crippen LogP contribution in [0.1, 0.15) is 0 Å². The molecular formula is C21H21N7O2S2. The Morgan fingerprint density at radius 3 is 2.84 bits per heavy atom. The number of nitrogens with zero attached hydrogens (tertiary/aromatic N) is 6. The first-order valence-electron chi connectivity index (χ1n) is 9.84. The number of ether oxygens (including phenoxy) is 1. The molecule has 0 aromatic carbocycles. The lowest BCUT2D eigenvalue weighted by Gasteiger charge is -2.09. The molecule has 164 valence electrons. The van der Waals surface area contributed by atoms with E-state index in [9.17, 15) is 4.21 Å². The van der Waals surface area contributed by atoms with Gasteiger partial charge in [0.1, 0.15) is 14.6 Å². The first-order valence-corrected chi connectivity index (χ1v) is 12.0. The van der Waals surface area contributed by atoms with Gasteiger partial charge in [0, 0.05) is 50.1 Å². The number of fused-ring (bicyclic) bond motifs is 2. The topological polar surface area (TPSA) is 114 Å². The van der Waals surface area contributed by atoms with E-state index in [1.165, 1.54) is 11.3 Å². The van der Waals surface area contributed by atoms with Crippen LogP contribution in [-0.2, 0) is 29.6 Å². The summed E-state index contributed by atoms with van der Waals surface area (Å²) < 4.78 is 22.2. The van der Waals surface area contributed by atoms with Gasteiger partial charge in [-0.3, -0.25) is 8.89 Å². The zero-order valence-electron chi connectivity index (χ0n) is 17.8. The predicted octanol–water partition coefficient (Wildman–Crippen LogP) is 2.98. The lowest BCUT2D eigenvalue weighted by molar-refractivity contribution is 0.218. The Morgan fingerprint density at radius 2 is 2.09 bits per heavy atom. The van der Waals surface area contributed by atoms with Crippen molar-refractivity contribution in [2.24, 2.45) is 14.1 Å². The lowest BCUT2D eigenvalue weighted by atomic mass is 10.0. The molecule has 0 aliphatic heterocycles. The van der Waals surface area contributed by atoms with Gasteiger partial charge in [0.2, 0.25) is 0 Å². The Hall–Kier alpha value is -3.15. The van der Waals surface area contributed by atoms with E-state index in [-0.39, 0.29) is 0 Å². The molecule has 32 heavy (non-hydrogen) atoms. The summed E-state index contributed by atoms with van der Waals surface area (Å²) in [5.74, 6) is 0.377. The molecule has 0 saturated carbocycles. The summed E-state index contributed by atoms with van der Waals surface area (Å²) in [4.78, 5) is 14.6. The smallest absolute Gasteiger partial charge is 0.159 e. The maximum Gasteiger partial charge on any atom is 0.159 e. The maximum atomic E-state index is 12.9. The van der Waals surface area contributed by atoms with Gasteiger partial charge in [-0.05, 0) is 18.2 Å². The van der Waals surface area contributed by atoms with Gasteiger partial charge in [-0.25, -0.2) is 15.0 Å². The molecule has 5 aromatic heterocycles. The van der Waals surface area contributed by atoms with E-state index < -0.39 is 10.8 Å². The molecule has 0 spiro atoms. The lowest BCUT2D eigenvalue weighted by Crippen LogP contribution is -2.04. The summed E-state index contributed by atoms with van der Waals surface area (Å²) in [5.41, 5.74) is 12.0. The largest absolute Gasteiger partial charge is 0.396 e. The number of aryl methyl sites for hydroxylation is 2. The molecule has 9 nitrogen and oxygen atoms in total. The Morgan fingerprint density at radius 1 is 1.25 bits per heavy atom. The number of hydrogen-bond donors (Lipinski definition) is 1. The molecule has 0 aliphatic rings. The highest BCUT2D eigenvalue weighted by Gasteiger charge is 2.22. The van der Waals surface area contributed by atoms with Crippen LogP contribution in [0.15, 0.2) is 41.1 Å². The van der Waals surface area contributed by atoms with E-state index >= 15 is 0 Å². The van der Waals surface area contributed by atoms with Gasteiger partial charge in [-0.15, -0.1) is 11.3 Å². The Bertz CT molecular complexity index is 1480. The second-order valence-corrected chi connectivity index (χ2v) is 10.1. The van der Waals surface area contributed by atoms with Gasteiger partial charge in [-0.1, -0.05) is 0 Å². The van der Waals surface area contributed by atoms with E-state index in [4.69, 9.17) is 15.5 Å². The number of methoxy groups -OCH3 is 1. The highest BCUT2D eigenvalue weighted by molar-refractivity contribution is 7.87. The summed E-state index contributed by atoms with van der Waals surface area (Å²) in [6, 6.07) is 5.88. The fraction of sp³-hybridized carbons (Fsp3) is 0.238. The zero-order valence-corrected chi connectivity index (χ0v) is 19.4. The summed E-state index contributed by atoms with van der Waals surface area (Å²) >= 11 is 1.35. The number of aromatic nitrogens is 6. The zero-order chi connectivity index (χ0) is 22.4. The van der Waals surface area contributed by atoms with Gasteiger partial charge >= 0.3 is 0 Å². The van der Waals surface area contributed by atoms with Crippen LogP contribution < -0.4 is 5.73 Å². The highest BCUT2D eigenvalue weighted by Crippen LogP contribution is 2.42. The molecule has 0 saturated heterocycles. The molecule has 0 fully saturated rings.